The van der Waals surface area contributed by atoms with Gasteiger partial charge in [-0.15, -0.1) is 0 Å². The first-order chi connectivity index (χ1) is 15.8. The molecular weight excluding hydrogens is 434 g/mol. The van der Waals surface area contributed by atoms with Crippen LogP contribution in [0, 0.1) is 20.8 Å². The zero-order valence-electron chi connectivity index (χ0n) is 19.4. The Morgan fingerprint density at radius 2 is 1.79 bits per heavy atom. The topological polar surface area (TPSA) is 51.5 Å². The highest BCUT2D eigenvalue weighted by Crippen LogP contribution is 2.40. The van der Waals surface area contributed by atoms with Gasteiger partial charge in [0.25, 0.3) is 0 Å². The molecule has 0 bridgehead atoms. The van der Waals surface area contributed by atoms with E-state index in [1.54, 1.807) is 25.5 Å². The van der Waals surface area contributed by atoms with E-state index in [0.29, 0.717) is 16.5 Å². The first kappa shape index (κ1) is 22.7. The van der Waals surface area contributed by atoms with Crippen LogP contribution < -0.4 is 10.1 Å². The van der Waals surface area contributed by atoms with Crippen LogP contribution in [0.2, 0.25) is 5.02 Å². The molecule has 4 rings (SSSR count). The summed E-state index contributed by atoms with van der Waals surface area (Å²) >= 11 is 6.18. The lowest BCUT2D eigenvalue weighted by Gasteiger charge is -2.13. The van der Waals surface area contributed by atoms with Gasteiger partial charge < -0.3 is 14.5 Å². The normalized spacial score (nSPS) is 11.6. The number of hydrogen-bond acceptors (Lipinski definition) is 3. The Bertz CT molecular complexity index is 1380. The molecule has 1 N–H and O–H groups in total. The standard InChI is InChI=1S/C28H26ClNO3/c1-16-6-9-20(10-7-16)24-15-33-28-19(4)27(32-5)22(14-23(24)28)18(3)12-26(31)30-21-11-8-17(2)25(29)13-21/h6-15H,1-5H3,(H,30,31)/b18-12+. The summed E-state index contributed by atoms with van der Waals surface area (Å²) in [4.78, 5) is 12.7. The van der Waals surface area contributed by atoms with E-state index >= 15 is 0 Å². The Balaban J connectivity index is 1.74. The number of aryl methyl sites for hydroxylation is 3. The molecule has 0 fully saturated rings. The molecule has 0 aliphatic carbocycles. The van der Waals surface area contributed by atoms with E-state index in [4.69, 9.17) is 20.8 Å². The predicted molar refractivity (Wildman–Crippen MR) is 136 cm³/mol. The molecule has 0 saturated carbocycles. The number of methoxy groups -OCH3 is 1. The van der Waals surface area contributed by atoms with Gasteiger partial charge in [0.1, 0.15) is 11.3 Å². The van der Waals surface area contributed by atoms with E-state index in [1.165, 1.54) is 5.56 Å². The van der Waals surface area contributed by atoms with E-state index in [2.05, 4.69) is 36.5 Å². The second-order valence-electron chi connectivity index (χ2n) is 8.26. The number of fused-ring (bicyclic) bond motifs is 1. The molecule has 5 heteroatoms. The number of anilines is 1. The third-order valence-corrected chi connectivity index (χ3v) is 6.23. The van der Waals surface area contributed by atoms with Gasteiger partial charge in [-0.2, -0.15) is 0 Å². The molecule has 0 unspecified atom stereocenters. The third kappa shape index (κ3) is 4.53. The maximum atomic E-state index is 12.7. The Morgan fingerprint density at radius 1 is 1.06 bits per heavy atom. The monoisotopic (exact) mass is 459 g/mol. The molecule has 0 atom stereocenters. The molecule has 4 aromatic rings. The maximum absolute atomic E-state index is 12.7. The SMILES string of the molecule is COc1c(/C(C)=C/C(=O)Nc2ccc(C)c(Cl)c2)cc2c(-c3ccc(C)cc3)coc2c1C. The Hall–Kier alpha value is -3.50. The van der Waals surface area contributed by atoms with Crippen LogP contribution in [0.3, 0.4) is 0 Å². The van der Waals surface area contributed by atoms with Gasteiger partial charge in [-0.25, -0.2) is 0 Å². The Morgan fingerprint density at radius 3 is 2.45 bits per heavy atom. The molecule has 1 heterocycles. The minimum absolute atomic E-state index is 0.238. The number of carbonyl (C=O) groups excluding carboxylic acids is 1. The number of ether oxygens (including phenoxy) is 1. The molecule has 1 amide bonds. The van der Waals surface area contributed by atoms with Crippen LogP contribution in [0.15, 0.2) is 65.3 Å². The summed E-state index contributed by atoms with van der Waals surface area (Å²) in [6.45, 7) is 7.85. The summed E-state index contributed by atoms with van der Waals surface area (Å²) in [6.07, 6.45) is 3.35. The van der Waals surface area contributed by atoms with Gasteiger partial charge in [0.05, 0.1) is 13.4 Å². The van der Waals surface area contributed by atoms with Crippen LogP contribution >= 0.6 is 11.6 Å². The number of allylic oxidation sites excluding steroid dienone is 1. The lowest BCUT2D eigenvalue weighted by molar-refractivity contribution is -0.111. The summed E-state index contributed by atoms with van der Waals surface area (Å²) in [7, 11) is 1.63. The summed E-state index contributed by atoms with van der Waals surface area (Å²) in [5.41, 5.74) is 8.17. The molecule has 168 valence electrons. The van der Waals surface area contributed by atoms with Gasteiger partial charge in [-0.1, -0.05) is 47.5 Å². The molecule has 0 aliphatic heterocycles. The van der Waals surface area contributed by atoms with Crippen molar-refractivity contribution < 1.29 is 13.9 Å². The Labute approximate surface area is 198 Å². The van der Waals surface area contributed by atoms with E-state index in [9.17, 15) is 4.79 Å². The lowest BCUT2D eigenvalue weighted by atomic mass is 9.96. The van der Waals surface area contributed by atoms with Crippen LogP contribution in [0.4, 0.5) is 5.69 Å². The van der Waals surface area contributed by atoms with E-state index in [0.717, 1.165) is 44.4 Å². The predicted octanol–water partition coefficient (Wildman–Crippen LogP) is 7.73. The van der Waals surface area contributed by atoms with Crippen LogP contribution in [0.1, 0.15) is 29.2 Å². The maximum Gasteiger partial charge on any atom is 0.248 e. The summed E-state index contributed by atoms with van der Waals surface area (Å²) in [6, 6.07) is 15.8. The second-order valence-corrected chi connectivity index (χ2v) is 8.66. The number of halogens is 1. The molecule has 0 saturated heterocycles. The number of hydrogen-bond donors (Lipinski definition) is 1. The van der Waals surface area contributed by atoms with Gasteiger partial charge in [0, 0.05) is 38.9 Å². The molecule has 3 aromatic carbocycles. The Kier molecular flexibility index (Phi) is 6.30. The first-order valence-corrected chi connectivity index (χ1v) is 11.1. The van der Waals surface area contributed by atoms with E-state index in [1.807, 2.05) is 39.0 Å². The smallest absolute Gasteiger partial charge is 0.248 e. The van der Waals surface area contributed by atoms with Crippen molar-refractivity contribution in [3.8, 4) is 16.9 Å². The van der Waals surface area contributed by atoms with Crippen molar-refractivity contribution in [1.29, 1.82) is 0 Å². The highest BCUT2D eigenvalue weighted by atomic mass is 35.5. The van der Waals surface area contributed by atoms with Crippen molar-refractivity contribution in [2.45, 2.75) is 27.7 Å². The minimum atomic E-state index is -0.238. The summed E-state index contributed by atoms with van der Waals surface area (Å²) in [5, 5.41) is 4.47. The van der Waals surface area contributed by atoms with Crippen LogP contribution in [-0.4, -0.2) is 13.0 Å². The fourth-order valence-electron chi connectivity index (χ4n) is 3.95. The fourth-order valence-corrected chi connectivity index (χ4v) is 4.13. The zero-order valence-corrected chi connectivity index (χ0v) is 20.1. The van der Waals surface area contributed by atoms with Crippen molar-refractivity contribution in [2.24, 2.45) is 0 Å². The van der Waals surface area contributed by atoms with Crippen molar-refractivity contribution in [3.63, 3.8) is 0 Å². The third-order valence-electron chi connectivity index (χ3n) is 5.82. The van der Waals surface area contributed by atoms with E-state index in [-0.39, 0.29) is 5.91 Å². The highest BCUT2D eigenvalue weighted by Gasteiger charge is 2.19. The van der Waals surface area contributed by atoms with Crippen molar-refractivity contribution in [1.82, 2.24) is 0 Å². The largest absolute Gasteiger partial charge is 0.496 e. The van der Waals surface area contributed by atoms with Gasteiger partial charge in [0.15, 0.2) is 0 Å². The minimum Gasteiger partial charge on any atom is -0.496 e. The number of furan rings is 1. The van der Waals surface area contributed by atoms with E-state index < -0.39 is 0 Å². The summed E-state index contributed by atoms with van der Waals surface area (Å²) in [5.74, 6) is 0.449. The van der Waals surface area contributed by atoms with Crippen LogP contribution in [-0.2, 0) is 4.79 Å². The molecule has 4 nitrogen and oxygen atoms in total. The fraction of sp³-hybridized carbons (Fsp3) is 0.179. The van der Waals surface area contributed by atoms with Crippen molar-refractivity contribution >= 4 is 39.7 Å². The average Bonchev–Trinajstić information content (AvgIpc) is 3.21. The van der Waals surface area contributed by atoms with Gasteiger partial charge in [-0.3, -0.25) is 4.79 Å². The van der Waals surface area contributed by atoms with Gasteiger partial charge >= 0.3 is 0 Å². The average molecular weight is 460 g/mol. The van der Waals surface area contributed by atoms with Crippen molar-refractivity contribution in [3.05, 3.63) is 88.1 Å². The quantitative estimate of drug-likeness (QED) is 0.310. The highest BCUT2D eigenvalue weighted by molar-refractivity contribution is 6.31. The number of benzene rings is 3. The number of nitrogens with one attached hydrogen (secondary N) is 1. The molecule has 1 aromatic heterocycles. The molecule has 33 heavy (non-hydrogen) atoms. The van der Waals surface area contributed by atoms with Crippen LogP contribution in [0.5, 0.6) is 5.75 Å². The zero-order chi connectivity index (χ0) is 23.7. The first-order valence-electron chi connectivity index (χ1n) is 10.7. The van der Waals surface area contributed by atoms with Crippen molar-refractivity contribution in [2.75, 3.05) is 12.4 Å². The second kappa shape index (κ2) is 9.16. The number of rotatable bonds is 5. The molecule has 0 aliphatic rings. The van der Waals surface area contributed by atoms with Gasteiger partial charge in [-0.05, 0) is 62.6 Å². The molecule has 0 radical (unpaired) electrons. The van der Waals surface area contributed by atoms with Gasteiger partial charge in [0.2, 0.25) is 5.91 Å². The van der Waals surface area contributed by atoms with Crippen LogP contribution in [0.25, 0.3) is 27.7 Å². The lowest BCUT2D eigenvalue weighted by Crippen LogP contribution is -2.09. The molecule has 0 spiro atoms. The summed E-state index contributed by atoms with van der Waals surface area (Å²) < 4.78 is 11.6. The number of carbonyl (C=O) groups is 1. The number of amides is 1. The molecular formula is C28H26ClNO3.